The van der Waals surface area contributed by atoms with Crippen molar-refractivity contribution < 1.29 is 14.4 Å². The summed E-state index contributed by atoms with van der Waals surface area (Å²) in [7, 11) is 0. The van der Waals surface area contributed by atoms with Crippen molar-refractivity contribution in [1.82, 2.24) is 0 Å². The molecule has 0 atom stereocenters. The van der Waals surface area contributed by atoms with Crippen molar-refractivity contribution in [2.24, 2.45) is 11.1 Å². The van der Waals surface area contributed by atoms with Crippen molar-refractivity contribution in [3.05, 3.63) is 58.1 Å². The molecular formula is C17H16ClNO3. The van der Waals surface area contributed by atoms with E-state index in [-0.39, 0.29) is 11.7 Å². The average molecular weight is 318 g/mol. The third kappa shape index (κ3) is 3.71. The number of hydrogen-bond donors (Lipinski definition) is 0. The van der Waals surface area contributed by atoms with Crippen LogP contribution in [0.2, 0.25) is 5.02 Å². The Balaban J connectivity index is 2.18. The van der Waals surface area contributed by atoms with Crippen LogP contribution >= 0.6 is 11.6 Å². The van der Waals surface area contributed by atoms with Gasteiger partial charge < -0.3 is 4.84 Å². The van der Waals surface area contributed by atoms with Crippen LogP contribution in [-0.4, -0.2) is 17.5 Å². The van der Waals surface area contributed by atoms with Gasteiger partial charge in [-0.15, -0.1) is 0 Å². The summed E-state index contributed by atoms with van der Waals surface area (Å²) in [5.74, 6) is -0.530. The first kappa shape index (κ1) is 16.2. The van der Waals surface area contributed by atoms with Crippen LogP contribution in [0.5, 0.6) is 0 Å². The predicted octanol–water partition coefficient (Wildman–Crippen LogP) is 3.96. The standard InChI is InChI=1S/C17H16ClNO3/c1-10(2)14-9-15(11(3)8-16(14)20)19-22-17(21)12-4-6-13(18)7-5-12/h4-10H,1-3H3/b19-15-. The van der Waals surface area contributed by atoms with Crippen LogP contribution in [0.25, 0.3) is 0 Å². The van der Waals surface area contributed by atoms with Gasteiger partial charge in [0.05, 0.1) is 5.56 Å². The van der Waals surface area contributed by atoms with E-state index in [9.17, 15) is 9.59 Å². The van der Waals surface area contributed by atoms with E-state index < -0.39 is 5.97 Å². The fourth-order valence-corrected chi connectivity index (χ4v) is 2.09. The van der Waals surface area contributed by atoms with E-state index >= 15 is 0 Å². The van der Waals surface area contributed by atoms with Gasteiger partial charge in [-0.2, -0.15) is 0 Å². The van der Waals surface area contributed by atoms with Crippen molar-refractivity contribution in [2.75, 3.05) is 0 Å². The highest BCUT2D eigenvalue weighted by atomic mass is 35.5. The Hall–Kier alpha value is -2.20. The van der Waals surface area contributed by atoms with E-state index in [0.717, 1.165) is 0 Å². The normalized spacial score (nSPS) is 16.6. The van der Waals surface area contributed by atoms with Gasteiger partial charge in [-0.25, -0.2) is 4.79 Å². The maximum Gasteiger partial charge on any atom is 0.365 e. The van der Waals surface area contributed by atoms with Crippen LogP contribution in [0.1, 0.15) is 31.1 Å². The summed E-state index contributed by atoms with van der Waals surface area (Å²) in [6.07, 6.45) is 3.17. The number of benzene rings is 1. The number of oxime groups is 1. The summed E-state index contributed by atoms with van der Waals surface area (Å²) in [6, 6.07) is 6.33. The zero-order chi connectivity index (χ0) is 16.3. The Morgan fingerprint density at radius 3 is 2.41 bits per heavy atom. The van der Waals surface area contributed by atoms with Crippen molar-refractivity contribution in [2.45, 2.75) is 20.8 Å². The molecule has 0 heterocycles. The molecule has 0 unspecified atom stereocenters. The van der Waals surface area contributed by atoms with Gasteiger partial charge >= 0.3 is 5.97 Å². The largest absolute Gasteiger partial charge is 0.365 e. The SMILES string of the molecule is CC1=CC(=O)C(C(C)C)=C/C1=N/OC(=O)c1ccc(Cl)cc1. The van der Waals surface area contributed by atoms with Crippen LogP contribution in [-0.2, 0) is 9.63 Å². The molecule has 2 rings (SSSR count). The van der Waals surface area contributed by atoms with Crippen LogP contribution in [0.15, 0.2) is 52.7 Å². The van der Waals surface area contributed by atoms with E-state index in [2.05, 4.69) is 5.16 Å². The molecule has 0 amide bonds. The average Bonchev–Trinajstić information content (AvgIpc) is 2.46. The number of carbonyl (C=O) groups excluding carboxylic acids is 2. The van der Waals surface area contributed by atoms with Gasteiger partial charge in [-0.05, 0) is 54.8 Å². The second kappa shape index (κ2) is 6.71. The lowest BCUT2D eigenvalue weighted by molar-refractivity contribution is -0.111. The topological polar surface area (TPSA) is 55.7 Å². The summed E-state index contributed by atoms with van der Waals surface area (Å²) >= 11 is 5.77. The Morgan fingerprint density at radius 2 is 1.82 bits per heavy atom. The molecule has 114 valence electrons. The Morgan fingerprint density at radius 1 is 1.18 bits per heavy atom. The van der Waals surface area contributed by atoms with Crippen molar-refractivity contribution in [1.29, 1.82) is 0 Å². The molecule has 0 radical (unpaired) electrons. The van der Waals surface area contributed by atoms with Gasteiger partial charge in [0.2, 0.25) is 0 Å². The summed E-state index contributed by atoms with van der Waals surface area (Å²) in [4.78, 5) is 28.7. The van der Waals surface area contributed by atoms with E-state index in [0.29, 0.717) is 27.4 Å². The number of ketones is 1. The van der Waals surface area contributed by atoms with Gasteiger partial charge in [-0.3, -0.25) is 4.79 Å². The molecule has 1 aliphatic rings. The summed E-state index contributed by atoms with van der Waals surface area (Å²) in [5.41, 5.74) is 2.14. The molecular weight excluding hydrogens is 302 g/mol. The second-order valence-electron chi connectivity index (χ2n) is 5.31. The molecule has 0 aromatic heterocycles. The fraction of sp³-hybridized carbons (Fsp3) is 0.235. The molecule has 0 spiro atoms. The molecule has 4 nitrogen and oxygen atoms in total. The van der Waals surface area contributed by atoms with E-state index in [1.165, 1.54) is 6.08 Å². The quantitative estimate of drug-likeness (QED) is 0.481. The minimum atomic E-state index is -0.576. The molecule has 0 saturated heterocycles. The van der Waals surface area contributed by atoms with Gasteiger partial charge in [0.1, 0.15) is 5.71 Å². The summed E-state index contributed by atoms with van der Waals surface area (Å²) in [6.45, 7) is 5.60. The predicted molar refractivity (Wildman–Crippen MR) is 86.0 cm³/mol. The first-order chi connectivity index (χ1) is 10.4. The van der Waals surface area contributed by atoms with Crippen LogP contribution < -0.4 is 0 Å². The highest BCUT2D eigenvalue weighted by Gasteiger charge is 2.19. The number of rotatable bonds is 3. The smallest absolute Gasteiger partial charge is 0.312 e. The highest BCUT2D eigenvalue weighted by molar-refractivity contribution is 6.30. The molecule has 0 aliphatic heterocycles. The zero-order valence-corrected chi connectivity index (χ0v) is 13.3. The number of allylic oxidation sites excluding steroid dienone is 4. The third-order valence-corrected chi connectivity index (χ3v) is 3.51. The number of halogens is 1. The molecule has 5 heteroatoms. The molecule has 22 heavy (non-hydrogen) atoms. The Labute approximate surface area is 134 Å². The fourth-order valence-electron chi connectivity index (χ4n) is 1.97. The van der Waals surface area contributed by atoms with E-state index in [1.807, 2.05) is 13.8 Å². The van der Waals surface area contributed by atoms with Crippen molar-refractivity contribution >= 4 is 29.1 Å². The molecule has 1 aliphatic carbocycles. The number of carbonyl (C=O) groups is 2. The monoisotopic (exact) mass is 317 g/mol. The summed E-state index contributed by atoms with van der Waals surface area (Å²) < 4.78 is 0. The Kier molecular flexibility index (Phi) is 4.93. The molecule has 1 aromatic carbocycles. The lowest BCUT2D eigenvalue weighted by atomic mass is 9.90. The lowest BCUT2D eigenvalue weighted by Crippen LogP contribution is -2.16. The lowest BCUT2D eigenvalue weighted by Gasteiger charge is -2.14. The zero-order valence-electron chi connectivity index (χ0n) is 12.6. The van der Waals surface area contributed by atoms with Crippen molar-refractivity contribution in [3.8, 4) is 0 Å². The first-order valence-corrected chi connectivity index (χ1v) is 7.25. The maximum atomic E-state index is 11.9. The van der Waals surface area contributed by atoms with E-state index in [4.69, 9.17) is 16.4 Å². The van der Waals surface area contributed by atoms with Gasteiger partial charge in [0.25, 0.3) is 0 Å². The third-order valence-electron chi connectivity index (χ3n) is 3.26. The molecule has 0 bridgehead atoms. The maximum absolute atomic E-state index is 11.9. The van der Waals surface area contributed by atoms with Gasteiger partial charge in [0, 0.05) is 10.6 Å². The van der Waals surface area contributed by atoms with Crippen LogP contribution in [0, 0.1) is 5.92 Å². The van der Waals surface area contributed by atoms with Gasteiger partial charge in [0.15, 0.2) is 5.78 Å². The number of nitrogens with zero attached hydrogens (tertiary/aromatic N) is 1. The summed E-state index contributed by atoms with van der Waals surface area (Å²) in [5, 5.41) is 4.41. The van der Waals surface area contributed by atoms with Crippen molar-refractivity contribution in [3.63, 3.8) is 0 Å². The highest BCUT2D eigenvalue weighted by Crippen LogP contribution is 2.19. The molecule has 0 saturated carbocycles. The van der Waals surface area contributed by atoms with Crippen LogP contribution in [0.4, 0.5) is 0 Å². The van der Waals surface area contributed by atoms with Crippen LogP contribution in [0.3, 0.4) is 0 Å². The Bertz CT molecular complexity index is 697. The molecule has 0 fully saturated rings. The van der Waals surface area contributed by atoms with E-state index in [1.54, 1.807) is 37.3 Å². The minimum absolute atomic E-state index is 0.0320. The van der Waals surface area contributed by atoms with Gasteiger partial charge in [-0.1, -0.05) is 30.6 Å². The molecule has 1 aromatic rings. The second-order valence-corrected chi connectivity index (χ2v) is 5.74. The minimum Gasteiger partial charge on any atom is -0.312 e. The number of hydrogen-bond acceptors (Lipinski definition) is 4. The first-order valence-electron chi connectivity index (χ1n) is 6.88. The molecule has 0 N–H and O–H groups in total.